The second-order valence-corrected chi connectivity index (χ2v) is 30.5. The highest BCUT2D eigenvalue weighted by atomic mass is 16.5. The van der Waals surface area contributed by atoms with Gasteiger partial charge in [0.1, 0.15) is 48.3 Å². The van der Waals surface area contributed by atoms with Gasteiger partial charge < -0.3 is 69.6 Å². The van der Waals surface area contributed by atoms with Crippen molar-refractivity contribution in [2.75, 3.05) is 102 Å². The van der Waals surface area contributed by atoms with Crippen LogP contribution >= 0.6 is 0 Å². The molecule has 0 bridgehead atoms. The van der Waals surface area contributed by atoms with Crippen LogP contribution in [-0.4, -0.2) is 284 Å². The van der Waals surface area contributed by atoms with Crippen molar-refractivity contribution >= 4 is 70.8 Å². The van der Waals surface area contributed by atoms with Gasteiger partial charge in [0.2, 0.25) is 53.2 Å². The van der Waals surface area contributed by atoms with Gasteiger partial charge in [0.15, 0.2) is 11.6 Å². The normalized spacial score (nSPS) is 26.6. The van der Waals surface area contributed by atoms with Crippen LogP contribution in [0.3, 0.4) is 0 Å². The lowest BCUT2D eigenvalue weighted by Gasteiger charge is -2.41. The molecule has 0 aromatic heterocycles. The second-order valence-electron chi connectivity index (χ2n) is 30.5. The van der Waals surface area contributed by atoms with Crippen molar-refractivity contribution in [3.63, 3.8) is 0 Å². The molecular formula is C74H133N11O16. The van der Waals surface area contributed by atoms with E-state index in [0.717, 1.165) is 35.9 Å². The van der Waals surface area contributed by atoms with E-state index in [1.54, 1.807) is 62.3 Å². The number of carbonyl (C=O) groups excluding carboxylic acids is 12. The van der Waals surface area contributed by atoms with E-state index in [-0.39, 0.29) is 76.0 Å². The van der Waals surface area contributed by atoms with Crippen LogP contribution in [0.15, 0.2) is 0 Å². The van der Waals surface area contributed by atoms with Crippen molar-refractivity contribution in [1.82, 2.24) is 55.1 Å². The minimum Gasteiger partial charge on any atom is -0.450 e. The average Bonchev–Trinajstić information content (AvgIpc) is 0.804. The van der Waals surface area contributed by atoms with E-state index in [1.165, 1.54) is 87.7 Å². The Balaban J connectivity index is 3.02. The first-order valence-electron chi connectivity index (χ1n) is 37.1. The van der Waals surface area contributed by atoms with Gasteiger partial charge >= 0.3 is 6.09 Å². The molecular weight excluding hydrogens is 1300 g/mol. The highest BCUT2D eigenvalue weighted by molar-refractivity contribution is 6.00. The van der Waals surface area contributed by atoms with E-state index in [0.29, 0.717) is 38.9 Å². The number of nitrogens with zero attached hydrogens (tertiary/aromatic N) is 8. The number of alkyl carbamates (subject to hydrolysis) is 1. The predicted molar refractivity (Wildman–Crippen MR) is 387 cm³/mol. The second kappa shape index (κ2) is 43.7. The number of rotatable bonds is 24. The molecule has 0 aromatic carbocycles. The number of likely N-dealkylation sites (N-methyl/N-ethyl adjacent to an activating group) is 7. The summed E-state index contributed by atoms with van der Waals surface area (Å²) in [6.45, 7) is 33.9. The van der Waals surface area contributed by atoms with Crippen molar-refractivity contribution in [2.45, 2.75) is 255 Å². The maximum absolute atomic E-state index is 15.5. The Morgan fingerprint density at radius 3 is 1.58 bits per heavy atom. The first-order valence-corrected chi connectivity index (χ1v) is 37.1. The van der Waals surface area contributed by atoms with Gasteiger partial charge in [-0.3, -0.25) is 57.6 Å². The van der Waals surface area contributed by atoms with E-state index in [1.807, 2.05) is 41.5 Å². The van der Waals surface area contributed by atoms with E-state index in [4.69, 9.17) is 14.2 Å². The number of ether oxygens (including phenoxy) is 3. The molecule has 101 heavy (non-hydrogen) atoms. The van der Waals surface area contributed by atoms with E-state index < -0.39 is 167 Å². The highest BCUT2D eigenvalue weighted by Crippen LogP contribution is 2.29. The van der Waals surface area contributed by atoms with Gasteiger partial charge in [-0.05, 0) is 121 Å². The van der Waals surface area contributed by atoms with E-state index in [2.05, 4.69) is 20.9 Å². The van der Waals surface area contributed by atoms with Crippen molar-refractivity contribution in [3.05, 3.63) is 0 Å². The van der Waals surface area contributed by atoms with Gasteiger partial charge in [0.25, 0.3) is 0 Å². The molecule has 0 aliphatic carbocycles. The summed E-state index contributed by atoms with van der Waals surface area (Å²) in [7, 11) is 10.0. The average molecular weight is 1430 g/mol. The lowest BCUT2D eigenvalue weighted by Crippen LogP contribution is -2.64. The zero-order valence-electron chi connectivity index (χ0n) is 66.1. The summed E-state index contributed by atoms with van der Waals surface area (Å²) in [5, 5.41) is 20.7. The quantitative estimate of drug-likeness (QED) is 0.0896. The number of hydrogen-bond acceptors (Lipinski definition) is 17. The molecule has 27 nitrogen and oxygen atoms in total. The highest BCUT2D eigenvalue weighted by Gasteiger charge is 2.47. The minimum atomic E-state index is -1.69. The van der Waals surface area contributed by atoms with E-state index in [9.17, 15) is 29.1 Å². The molecule has 0 saturated carbocycles. The summed E-state index contributed by atoms with van der Waals surface area (Å²) in [6.07, 6.45) is -0.689. The fourth-order valence-corrected chi connectivity index (χ4v) is 13.5. The Hall–Kier alpha value is -6.32. The summed E-state index contributed by atoms with van der Waals surface area (Å²) in [6, 6.07) is -11.5. The molecule has 2 saturated heterocycles. The third-order valence-electron chi connectivity index (χ3n) is 20.1. The molecule has 4 N–H and O–H groups in total. The Labute approximate surface area is 604 Å². The minimum absolute atomic E-state index is 0.0280. The first-order chi connectivity index (χ1) is 47.1. The molecule has 10 amide bonds. The van der Waals surface area contributed by atoms with Crippen LogP contribution in [0.2, 0.25) is 0 Å². The maximum atomic E-state index is 15.5. The zero-order valence-corrected chi connectivity index (χ0v) is 66.1. The summed E-state index contributed by atoms with van der Waals surface area (Å²) in [4.78, 5) is 188. The van der Waals surface area contributed by atoms with E-state index >= 15 is 33.6 Å². The largest absolute Gasteiger partial charge is 0.450 e. The molecule has 2 rings (SSSR count). The summed E-state index contributed by atoms with van der Waals surface area (Å²) in [5.74, 6) is -11.2. The Morgan fingerprint density at radius 1 is 0.545 bits per heavy atom. The van der Waals surface area contributed by atoms with Crippen molar-refractivity contribution in [1.29, 1.82) is 0 Å². The van der Waals surface area contributed by atoms with Crippen LogP contribution in [0, 0.1) is 47.3 Å². The molecule has 2 aliphatic rings. The number of Topliss-reactive ketones (excluding diaryl/α,β-unsaturated/α-hetero) is 2. The Bertz CT molecular complexity index is 2710. The summed E-state index contributed by atoms with van der Waals surface area (Å²) < 4.78 is 16.9. The molecule has 2 fully saturated rings. The molecule has 2 aliphatic heterocycles. The van der Waals surface area contributed by atoms with Gasteiger partial charge in [-0.1, -0.05) is 96.4 Å². The van der Waals surface area contributed by atoms with Crippen LogP contribution in [0.4, 0.5) is 4.79 Å². The Kier molecular flexibility index (Phi) is 39.3. The van der Waals surface area contributed by atoms with Crippen LogP contribution in [0.5, 0.6) is 0 Å². The molecule has 2 heterocycles. The van der Waals surface area contributed by atoms with Crippen LogP contribution in [0.1, 0.15) is 188 Å². The SMILES string of the molecule is CCOC(=O)NCCCC[C@@H](C)[C@@H](O)[C@H]1C(=O)N[C@@H](CC)C(=O)N(C)[C@H](C)C(=O)N(C)[C@@H]([C@@H](C)OCCCCN2CCOCC2)C(=O)C[C@@H](C(C)C)C(=O)N(C)[C@@H](CC(C)C)C(=O)C[C@@H](C)C(=O)N[C@H](C)C(=O)N(C)[C@@H](CC(C)C)C(=O)N(C)[C@@H](CC(C)C)C(=O)N(C)[C@@H](C(C)C)C(=O)N1C. The fraction of sp³-hybridized carbons (Fsp3) is 0.838. The molecule has 0 unspecified atom stereocenters. The van der Waals surface area contributed by atoms with Crippen LogP contribution in [-0.2, 0) is 67.0 Å². The first kappa shape index (κ1) is 90.8. The number of nitrogens with one attached hydrogen (secondary N) is 3. The standard InChI is InChI=1S/C74H133N11O16/c1-25-55-70(94)78(18)52(16)68(92)83(23)62(53(17)101-36-30-29-33-85-34-37-99-38-35-85)60(87)43-54(47(9)10)69(93)79(19)56(39-44(3)4)59(86)42-50(14)65(89)76-51(15)67(91)80(20)57(40-45(5)6)71(95)81(21)58(41-46(7)8)72(96)82(22)61(48(11)12)73(97)84(24)63(66(90)77-55)64(88)49(13)31-27-28-32-75-74(98)100-26-2/h44-58,61-64,88H,25-43H2,1-24H3,(H,75,98)(H,76,89)(H,77,90)/t49-,50-,51-,52-,53-,54+,55+,56+,57+,58+,61+,62+,63+,64-/m1/s1. The number of aliphatic hydroxyl groups is 1. The molecule has 0 spiro atoms. The number of aliphatic hydroxyl groups excluding tert-OH is 1. The lowest BCUT2D eigenvalue weighted by molar-refractivity contribution is -0.157. The number of hydrogen-bond donors (Lipinski definition) is 4. The zero-order chi connectivity index (χ0) is 77.2. The number of amides is 10. The summed E-state index contributed by atoms with van der Waals surface area (Å²) >= 11 is 0. The molecule has 27 heteroatoms. The number of ketones is 2. The van der Waals surface area contributed by atoms with Crippen LogP contribution < -0.4 is 16.0 Å². The maximum Gasteiger partial charge on any atom is 0.407 e. The molecule has 0 radical (unpaired) electrons. The van der Waals surface area contributed by atoms with Gasteiger partial charge in [0.05, 0.1) is 38.1 Å². The summed E-state index contributed by atoms with van der Waals surface area (Å²) in [5.41, 5.74) is 0. The van der Waals surface area contributed by atoms with Gasteiger partial charge in [-0.25, -0.2) is 4.79 Å². The van der Waals surface area contributed by atoms with Crippen molar-refractivity contribution < 1.29 is 76.9 Å². The fourth-order valence-electron chi connectivity index (χ4n) is 13.5. The van der Waals surface area contributed by atoms with Crippen molar-refractivity contribution in [2.24, 2.45) is 47.3 Å². The smallest absolute Gasteiger partial charge is 0.407 e. The monoisotopic (exact) mass is 1430 g/mol. The van der Waals surface area contributed by atoms with Crippen molar-refractivity contribution in [3.8, 4) is 0 Å². The van der Waals surface area contributed by atoms with Gasteiger partial charge in [-0.2, -0.15) is 0 Å². The Morgan fingerprint density at radius 2 is 1.06 bits per heavy atom. The van der Waals surface area contributed by atoms with Gasteiger partial charge in [0, 0.05) is 100 Å². The molecule has 0 aromatic rings. The van der Waals surface area contributed by atoms with Crippen LogP contribution in [0.25, 0.3) is 0 Å². The third kappa shape index (κ3) is 27.0. The number of carbonyl (C=O) groups is 12. The lowest BCUT2D eigenvalue weighted by atomic mass is 9.85. The third-order valence-corrected chi connectivity index (χ3v) is 20.1. The molecule has 580 valence electrons. The number of unbranched alkanes of at least 4 members (excludes halogenated alkanes) is 2. The molecule has 14 atom stereocenters. The predicted octanol–water partition coefficient (Wildman–Crippen LogP) is 5.26. The van der Waals surface area contributed by atoms with Gasteiger partial charge in [-0.15, -0.1) is 0 Å². The topological polar surface area (TPSA) is 315 Å². The number of morpholine rings is 1.